The lowest BCUT2D eigenvalue weighted by Gasteiger charge is -2.33. The summed E-state index contributed by atoms with van der Waals surface area (Å²) in [6.07, 6.45) is 10.3. The van der Waals surface area contributed by atoms with E-state index in [1.165, 1.54) is 84.2 Å². The summed E-state index contributed by atoms with van der Waals surface area (Å²) >= 11 is 0. The summed E-state index contributed by atoms with van der Waals surface area (Å²) in [5.74, 6) is 2.18. The van der Waals surface area contributed by atoms with Crippen LogP contribution in [0.5, 0.6) is 0 Å². The van der Waals surface area contributed by atoms with Crippen molar-refractivity contribution in [1.82, 2.24) is 15.1 Å². The summed E-state index contributed by atoms with van der Waals surface area (Å²) in [7, 11) is 2.23. The molecule has 0 aromatic carbocycles. The monoisotopic (exact) mass is 279 g/mol. The minimum atomic E-state index is 0.835. The number of piperazine rings is 1. The highest BCUT2D eigenvalue weighted by atomic mass is 15.2. The zero-order valence-corrected chi connectivity index (χ0v) is 13.3. The summed E-state index contributed by atoms with van der Waals surface area (Å²) in [6.45, 7) is 7.56. The molecule has 3 rings (SSSR count). The second-order valence-corrected chi connectivity index (χ2v) is 7.41. The van der Waals surface area contributed by atoms with Gasteiger partial charge in [-0.2, -0.15) is 0 Å². The Balaban J connectivity index is 1.26. The molecule has 1 heterocycles. The zero-order chi connectivity index (χ0) is 13.8. The van der Waals surface area contributed by atoms with Gasteiger partial charge in [0, 0.05) is 32.2 Å². The van der Waals surface area contributed by atoms with Crippen LogP contribution in [0.2, 0.25) is 0 Å². The number of hydrogen-bond donors (Lipinski definition) is 1. The van der Waals surface area contributed by atoms with Crippen LogP contribution >= 0.6 is 0 Å². The topological polar surface area (TPSA) is 18.5 Å². The Morgan fingerprint density at radius 1 is 0.950 bits per heavy atom. The summed E-state index contributed by atoms with van der Waals surface area (Å²) < 4.78 is 0. The second-order valence-electron chi connectivity index (χ2n) is 7.41. The van der Waals surface area contributed by atoms with Crippen LogP contribution in [-0.2, 0) is 0 Å². The minimum Gasteiger partial charge on any atom is -0.314 e. The molecule has 3 fully saturated rings. The van der Waals surface area contributed by atoms with Crippen LogP contribution in [0.1, 0.15) is 44.9 Å². The molecule has 2 saturated carbocycles. The van der Waals surface area contributed by atoms with Crippen LogP contribution < -0.4 is 5.32 Å². The van der Waals surface area contributed by atoms with Crippen molar-refractivity contribution in [3.05, 3.63) is 0 Å². The van der Waals surface area contributed by atoms with E-state index in [1.54, 1.807) is 0 Å². The summed E-state index contributed by atoms with van der Waals surface area (Å²) in [5.41, 5.74) is 0. The standard InChI is InChI=1S/C17H33N3/c1-19-10-12-20(13-11-19)9-3-8-18-17-5-2-4-16(14-17)15-6-7-15/h15-18H,2-14H2,1H3. The molecule has 0 aromatic rings. The Kier molecular flexibility index (Phi) is 5.36. The SMILES string of the molecule is CN1CCN(CCCNC2CCCC(C3CC3)C2)CC1. The normalized spacial score (nSPS) is 33.5. The number of rotatable bonds is 6. The lowest BCUT2D eigenvalue weighted by atomic mass is 9.83. The van der Waals surface area contributed by atoms with Gasteiger partial charge in [-0.15, -0.1) is 0 Å². The number of nitrogens with one attached hydrogen (secondary N) is 1. The predicted octanol–water partition coefficient (Wildman–Crippen LogP) is 2.18. The Bertz CT molecular complexity index is 282. The third-order valence-corrected chi connectivity index (χ3v) is 5.68. The maximum Gasteiger partial charge on any atom is 0.0110 e. The van der Waals surface area contributed by atoms with E-state index in [4.69, 9.17) is 0 Å². The average molecular weight is 279 g/mol. The van der Waals surface area contributed by atoms with E-state index in [-0.39, 0.29) is 0 Å². The Morgan fingerprint density at radius 2 is 1.75 bits per heavy atom. The predicted molar refractivity (Wildman–Crippen MR) is 85.0 cm³/mol. The molecule has 0 bridgehead atoms. The molecule has 2 aliphatic carbocycles. The van der Waals surface area contributed by atoms with E-state index in [9.17, 15) is 0 Å². The number of nitrogens with zero attached hydrogens (tertiary/aromatic N) is 2. The van der Waals surface area contributed by atoms with Gasteiger partial charge in [-0.25, -0.2) is 0 Å². The number of likely N-dealkylation sites (N-methyl/N-ethyl adjacent to an activating group) is 1. The summed E-state index contributed by atoms with van der Waals surface area (Å²) in [5, 5.41) is 3.85. The lowest BCUT2D eigenvalue weighted by molar-refractivity contribution is 0.151. The van der Waals surface area contributed by atoms with E-state index in [2.05, 4.69) is 22.2 Å². The Labute approximate surface area is 125 Å². The first-order valence-electron chi connectivity index (χ1n) is 8.95. The summed E-state index contributed by atoms with van der Waals surface area (Å²) in [6, 6.07) is 0.835. The van der Waals surface area contributed by atoms with Gasteiger partial charge in [-0.1, -0.05) is 12.8 Å². The van der Waals surface area contributed by atoms with Gasteiger partial charge in [0.1, 0.15) is 0 Å². The molecular formula is C17H33N3. The van der Waals surface area contributed by atoms with Gasteiger partial charge in [0.25, 0.3) is 0 Å². The zero-order valence-electron chi connectivity index (χ0n) is 13.3. The van der Waals surface area contributed by atoms with Crippen LogP contribution in [0.4, 0.5) is 0 Å². The Hall–Kier alpha value is -0.120. The van der Waals surface area contributed by atoms with Crippen molar-refractivity contribution in [3.63, 3.8) is 0 Å². The highest BCUT2D eigenvalue weighted by molar-refractivity contribution is 4.87. The van der Waals surface area contributed by atoms with Crippen molar-refractivity contribution in [3.8, 4) is 0 Å². The molecule has 2 unspecified atom stereocenters. The highest BCUT2D eigenvalue weighted by Gasteiger charge is 2.34. The van der Waals surface area contributed by atoms with Crippen molar-refractivity contribution in [2.45, 2.75) is 51.0 Å². The molecule has 3 aliphatic rings. The van der Waals surface area contributed by atoms with Gasteiger partial charge in [-0.3, -0.25) is 0 Å². The van der Waals surface area contributed by atoms with E-state index in [1.807, 2.05) is 0 Å². The molecule has 0 radical (unpaired) electrons. The average Bonchev–Trinajstić information content (AvgIpc) is 3.30. The third kappa shape index (κ3) is 4.44. The molecular weight excluding hydrogens is 246 g/mol. The smallest absolute Gasteiger partial charge is 0.0110 e. The van der Waals surface area contributed by atoms with Gasteiger partial charge >= 0.3 is 0 Å². The van der Waals surface area contributed by atoms with Crippen LogP contribution in [-0.4, -0.2) is 62.2 Å². The summed E-state index contributed by atoms with van der Waals surface area (Å²) in [4.78, 5) is 5.07. The molecule has 20 heavy (non-hydrogen) atoms. The molecule has 0 amide bonds. The first-order chi connectivity index (χ1) is 9.81. The largest absolute Gasteiger partial charge is 0.314 e. The molecule has 1 aliphatic heterocycles. The first-order valence-corrected chi connectivity index (χ1v) is 8.95. The molecule has 0 spiro atoms. The van der Waals surface area contributed by atoms with Gasteiger partial charge in [0.05, 0.1) is 0 Å². The maximum absolute atomic E-state index is 3.85. The van der Waals surface area contributed by atoms with Crippen molar-refractivity contribution >= 4 is 0 Å². The molecule has 116 valence electrons. The molecule has 2 atom stereocenters. The molecule has 0 aromatic heterocycles. The van der Waals surface area contributed by atoms with Crippen LogP contribution in [0, 0.1) is 11.8 Å². The van der Waals surface area contributed by atoms with Gasteiger partial charge in [-0.05, 0) is 64.1 Å². The first kappa shape index (κ1) is 14.8. The van der Waals surface area contributed by atoms with E-state index in [0.717, 1.165) is 17.9 Å². The Morgan fingerprint density at radius 3 is 2.50 bits per heavy atom. The second kappa shape index (κ2) is 7.24. The van der Waals surface area contributed by atoms with Gasteiger partial charge < -0.3 is 15.1 Å². The van der Waals surface area contributed by atoms with Crippen molar-refractivity contribution in [2.75, 3.05) is 46.3 Å². The molecule has 3 nitrogen and oxygen atoms in total. The van der Waals surface area contributed by atoms with Crippen LogP contribution in [0.3, 0.4) is 0 Å². The van der Waals surface area contributed by atoms with Crippen LogP contribution in [0.15, 0.2) is 0 Å². The fraction of sp³-hybridized carbons (Fsp3) is 1.00. The molecule has 1 N–H and O–H groups in total. The van der Waals surface area contributed by atoms with Gasteiger partial charge in [0.2, 0.25) is 0 Å². The van der Waals surface area contributed by atoms with E-state index in [0.29, 0.717) is 0 Å². The number of hydrogen-bond acceptors (Lipinski definition) is 3. The quantitative estimate of drug-likeness (QED) is 0.752. The van der Waals surface area contributed by atoms with E-state index < -0.39 is 0 Å². The maximum atomic E-state index is 3.85. The molecule has 3 heteroatoms. The minimum absolute atomic E-state index is 0.835. The van der Waals surface area contributed by atoms with Gasteiger partial charge in [0.15, 0.2) is 0 Å². The fourth-order valence-electron chi connectivity index (χ4n) is 4.09. The fourth-order valence-corrected chi connectivity index (χ4v) is 4.09. The van der Waals surface area contributed by atoms with Crippen molar-refractivity contribution < 1.29 is 0 Å². The molecule has 1 saturated heterocycles. The van der Waals surface area contributed by atoms with E-state index >= 15 is 0 Å². The van der Waals surface area contributed by atoms with Crippen molar-refractivity contribution in [1.29, 1.82) is 0 Å². The van der Waals surface area contributed by atoms with Crippen LogP contribution in [0.25, 0.3) is 0 Å². The van der Waals surface area contributed by atoms with Crippen molar-refractivity contribution in [2.24, 2.45) is 11.8 Å². The highest BCUT2D eigenvalue weighted by Crippen LogP contribution is 2.43. The lowest BCUT2D eigenvalue weighted by Crippen LogP contribution is -2.45. The third-order valence-electron chi connectivity index (χ3n) is 5.68.